The Morgan fingerprint density at radius 2 is 1.43 bits per heavy atom. The first-order valence-electron chi connectivity index (χ1n) is 4.01. The maximum atomic E-state index is 4.57. The van der Waals surface area contributed by atoms with Gasteiger partial charge in [0.05, 0.1) is 0 Å². The summed E-state index contributed by atoms with van der Waals surface area (Å²) in [5, 5.41) is 6.99. The Balaban J connectivity index is 5.01. The minimum absolute atomic E-state index is 0.794. The molecule has 0 aromatic carbocycles. The van der Waals surface area contributed by atoms with E-state index in [1.807, 2.05) is 0 Å². The number of isothiocyanates is 3. The van der Waals surface area contributed by atoms with E-state index < -0.39 is 19.2 Å². The van der Waals surface area contributed by atoms with E-state index in [1.54, 1.807) is 0 Å². The van der Waals surface area contributed by atoms with Crippen LogP contribution in [0.5, 0.6) is 0 Å². The van der Waals surface area contributed by atoms with Gasteiger partial charge in [-0.25, -0.2) is 0 Å². The van der Waals surface area contributed by atoms with Gasteiger partial charge in [0.2, 0.25) is 0 Å². The van der Waals surface area contributed by atoms with Crippen LogP contribution in [0.1, 0.15) is 19.8 Å². The maximum absolute atomic E-state index is 4.57. The van der Waals surface area contributed by atoms with Crippen LogP contribution < -0.4 is 0 Å². The van der Waals surface area contributed by atoms with Crippen molar-refractivity contribution in [3.05, 3.63) is 0 Å². The van der Waals surface area contributed by atoms with Gasteiger partial charge in [0.1, 0.15) is 0 Å². The van der Waals surface area contributed by atoms with Gasteiger partial charge in [-0.2, -0.15) is 0 Å². The van der Waals surface area contributed by atoms with Crippen molar-refractivity contribution in [3.8, 4) is 0 Å². The second-order valence-electron chi connectivity index (χ2n) is 2.49. The van der Waals surface area contributed by atoms with Crippen LogP contribution in [0.2, 0.25) is 4.44 Å². The summed E-state index contributed by atoms with van der Waals surface area (Å²) in [7, 11) is 0. The summed E-state index contributed by atoms with van der Waals surface area (Å²) in [6.45, 7) is 2.08. The fraction of sp³-hybridized carbons (Fsp3) is 0.571. The van der Waals surface area contributed by atoms with E-state index in [4.69, 9.17) is 0 Å². The fourth-order valence-electron chi connectivity index (χ4n) is 0.876. The molecule has 14 heavy (non-hydrogen) atoms. The van der Waals surface area contributed by atoms with E-state index in [2.05, 4.69) is 68.7 Å². The van der Waals surface area contributed by atoms with Crippen molar-refractivity contribution in [2.24, 2.45) is 9.64 Å². The molecule has 0 saturated carbocycles. The van der Waals surface area contributed by atoms with Crippen molar-refractivity contribution in [2.45, 2.75) is 24.2 Å². The van der Waals surface area contributed by atoms with Gasteiger partial charge in [-0.15, -0.1) is 0 Å². The zero-order chi connectivity index (χ0) is 10.9. The van der Waals surface area contributed by atoms with Crippen molar-refractivity contribution in [3.63, 3.8) is 0 Å². The fourth-order valence-corrected chi connectivity index (χ4v) is 8.82. The molecule has 0 N–H and O–H groups in total. The van der Waals surface area contributed by atoms with Crippen LogP contribution in [-0.2, 0) is 0 Å². The number of unbranched alkanes of at least 4 members (excludes halogenated alkanes) is 1. The molecule has 0 heterocycles. The average molecular weight is 350 g/mol. The Hall–Kier alpha value is 0.199. The van der Waals surface area contributed by atoms with E-state index in [1.165, 1.54) is 0 Å². The van der Waals surface area contributed by atoms with Gasteiger partial charge in [-0.3, -0.25) is 0 Å². The third kappa shape index (κ3) is 5.17. The molecule has 0 amide bonds. The molecule has 0 aliphatic heterocycles. The molecular formula is C7H9N3S3Sn. The van der Waals surface area contributed by atoms with Crippen LogP contribution in [0.25, 0.3) is 0 Å². The van der Waals surface area contributed by atoms with E-state index in [9.17, 15) is 0 Å². The Bertz CT molecular complexity index is 280. The molecule has 0 rings (SSSR count). The SMILES string of the molecule is CCC[CH2][Sn]([N]=C=S)([N]=C=S)[N]=C=S. The molecule has 74 valence electrons. The summed E-state index contributed by atoms with van der Waals surface area (Å²) in [4.78, 5) is 0. The van der Waals surface area contributed by atoms with E-state index in [-0.39, 0.29) is 0 Å². The average Bonchev–Trinajstić information content (AvgIpc) is 2.16. The number of nitrogens with zero attached hydrogens (tertiary/aromatic N) is 3. The molecule has 0 spiro atoms. The number of hydrogen-bond donors (Lipinski definition) is 0. The molecular weight excluding hydrogens is 341 g/mol. The van der Waals surface area contributed by atoms with Gasteiger partial charge in [0.15, 0.2) is 0 Å². The molecule has 0 atom stereocenters. The first-order chi connectivity index (χ1) is 6.74. The minimum atomic E-state index is -3.37. The summed E-state index contributed by atoms with van der Waals surface area (Å²) < 4.78 is 13.0. The Kier molecular flexibility index (Phi) is 8.62. The van der Waals surface area contributed by atoms with Crippen LogP contribution in [-0.4, -0.2) is 34.7 Å². The normalized spacial score (nSPS) is 12.6. The molecule has 3 nitrogen and oxygen atoms in total. The first-order valence-corrected chi connectivity index (χ1v) is 11.1. The predicted molar refractivity (Wildman–Crippen MR) is 70.5 cm³/mol. The Morgan fingerprint density at radius 3 is 1.71 bits per heavy atom. The second-order valence-corrected chi connectivity index (χ2v) is 10.8. The monoisotopic (exact) mass is 351 g/mol. The van der Waals surface area contributed by atoms with Crippen LogP contribution in [0.4, 0.5) is 0 Å². The molecule has 0 radical (unpaired) electrons. The zero-order valence-corrected chi connectivity index (χ0v) is 13.0. The molecule has 7 heteroatoms. The molecule has 0 aliphatic rings. The van der Waals surface area contributed by atoms with Crippen molar-refractivity contribution in [1.29, 1.82) is 0 Å². The summed E-state index contributed by atoms with van der Waals surface area (Å²) in [5.74, 6) is 0. The standard InChI is InChI=1S/C4H9.3CNS.Sn/c1-3-4-2;3*2-1-3;/h1,3-4H2,2H3;;;;/q;3*-1;+3. The van der Waals surface area contributed by atoms with Crippen molar-refractivity contribution in [1.82, 2.24) is 0 Å². The Labute approximate surface area is 104 Å². The van der Waals surface area contributed by atoms with Gasteiger partial charge >= 0.3 is 105 Å². The zero-order valence-electron chi connectivity index (χ0n) is 7.69. The van der Waals surface area contributed by atoms with Gasteiger partial charge < -0.3 is 0 Å². The summed E-state index contributed by atoms with van der Waals surface area (Å²) >= 11 is 10.3. The van der Waals surface area contributed by atoms with E-state index >= 15 is 0 Å². The summed E-state index contributed by atoms with van der Waals surface area (Å²) in [6.07, 6.45) is 2.03. The molecule has 0 bridgehead atoms. The second kappa shape index (κ2) is 8.50. The third-order valence-corrected chi connectivity index (χ3v) is 10.1. The predicted octanol–water partition coefficient (Wildman–Crippen LogP) is 3.03. The topological polar surface area (TPSA) is 37.1 Å². The van der Waals surface area contributed by atoms with Crippen LogP contribution in [0.15, 0.2) is 9.64 Å². The Morgan fingerprint density at radius 1 is 1.00 bits per heavy atom. The van der Waals surface area contributed by atoms with Crippen LogP contribution >= 0.6 is 36.7 Å². The first kappa shape index (κ1) is 14.2. The number of rotatable bonds is 6. The van der Waals surface area contributed by atoms with Gasteiger partial charge in [-0.1, -0.05) is 0 Å². The van der Waals surface area contributed by atoms with Crippen molar-refractivity contribution in [2.75, 3.05) is 0 Å². The van der Waals surface area contributed by atoms with Crippen LogP contribution in [0, 0.1) is 0 Å². The molecule has 0 unspecified atom stereocenters. The van der Waals surface area contributed by atoms with Gasteiger partial charge in [0, 0.05) is 0 Å². The quantitative estimate of drug-likeness (QED) is 0.420. The van der Waals surface area contributed by atoms with Crippen molar-refractivity contribution < 1.29 is 0 Å². The summed E-state index contributed by atoms with van der Waals surface area (Å²) in [6, 6.07) is 0. The van der Waals surface area contributed by atoms with Gasteiger partial charge in [-0.05, 0) is 0 Å². The van der Waals surface area contributed by atoms with Crippen LogP contribution in [0.3, 0.4) is 0 Å². The number of hydrogen-bond acceptors (Lipinski definition) is 6. The molecule has 0 saturated heterocycles. The third-order valence-electron chi connectivity index (χ3n) is 1.54. The molecule has 0 aromatic heterocycles. The van der Waals surface area contributed by atoms with E-state index in [0.29, 0.717) is 0 Å². The summed E-state index contributed by atoms with van der Waals surface area (Å²) in [5.41, 5.74) is 0. The van der Waals surface area contributed by atoms with Gasteiger partial charge in [0.25, 0.3) is 0 Å². The van der Waals surface area contributed by atoms with E-state index in [0.717, 1.165) is 17.3 Å². The number of thiocarbonyl (C=S) groups is 3. The molecule has 0 aliphatic carbocycles. The molecule has 0 fully saturated rings. The molecule has 0 aromatic rings. The van der Waals surface area contributed by atoms with Crippen molar-refractivity contribution >= 4 is 71.3 Å².